The fourth-order valence-electron chi connectivity index (χ4n) is 2.21. The smallest absolute Gasteiger partial charge is 0.466 e. The molecular weight excluding hydrogens is 407 g/mol. The van der Waals surface area contributed by atoms with E-state index in [0.29, 0.717) is 5.75 Å². The molecule has 2 rings (SSSR count). The molecule has 2 aromatic rings. The molecule has 0 bridgehead atoms. The Hall–Kier alpha value is -1.78. The van der Waals surface area contributed by atoms with Crippen LogP contribution in [0.1, 0.15) is 18.1 Å². The van der Waals surface area contributed by atoms with E-state index in [4.69, 9.17) is 29.1 Å². The van der Waals surface area contributed by atoms with Gasteiger partial charge in [-0.2, -0.15) is 0 Å². The predicted octanol–water partition coefficient (Wildman–Crippen LogP) is 1.48. The summed E-state index contributed by atoms with van der Waals surface area (Å²) in [5.74, 6) is 0.616. The maximum atomic E-state index is 11.3. The van der Waals surface area contributed by atoms with Crippen molar-refractivity contribution < 1.29 is 32.4 Å². The van der Waals surface area contributed by atoms with Crippen LogP contribution in [0, 0.1) is 0 Å². The highest BCUT2D eigenvalue weighted by molar-refractivity contribution is 7.89. The molecule has 0 spiro atoms. The lowest BCUT2D eigenvalue weighted by Crippen LogP contribution is -2.18. The Bertz CT molecular complexity index is 860. The summed E-state index contributed by atoms with van der Waals surface area (Å²) in [6.07, 6.45) is 0.729. The van der Waals surface area contributed by atoms with E-state index >= 15 is 0 Å². The standard InChI is InChI=1S/C17H22N2O3S.H3O4P/c1-19(2)13-12-17(14-6-4-3-5-7-14)22-15-8-10-16(11-9-15)23(18,20)21;1-5(2,3)4/h3-11,17H,12-13H2,1-2H3,(H2,18,20,21);(H3,1,2,3,4). The van der Waals surface area contributed by atoms with E-state index in [-0.39, 0.29) is 11.0 Å². The molecule has 0 saturated carbocycles. The molecule has 9 nitrogen and oxygen atoms in total. The Balaban J connectivity index is 0.000000696. The van der Waals surface area contributed by atoms with E-state index in [9.17, 15) is 8.42 Å². The molecule has 28 heavy (non-hydrogen) atoms. The molecule has 0 fully saturated rings. The molecule has 0 radical (unpaired) electrons. The van der Waals surface area contributed by atoms with Crippen molar-refractivity contribution in [3.8, 4) is 5.75 Å². The normalized spacial score (nSPS) is 12.8. The molecule has 0 aliphatic rings. The van der Waals surface area contributed by atoms with Gasteiger partial charge in [0.25, 0.3) is 0 Å². The van der Waals surface area contributed by atoms with Crippen molar-refractivity contribution in [2.45, 2.75) is 17.4 Å². The average Bonchev–Trinajstić information content (AvgIpc) is 2.57. The molecule has 0 aliphatic carbocycles. The van der Waals surface area contributed by atoms with E-state index in [1.54, 1.807) is 12.1 Å². The SMILES string of the molecule is CN(C)CCC(Oc1ccc(S(N)(=O)=O)cc1)c1ccccc1.O=P(O)(O)O. The Labute approximate surface area is 164 Å². The van der Waals surface area contributed by atoms with Gasteiger partial charge in [0.15, 0.2) is 0 Å². The minimum Gasteiger partial charge on any atom is -0.486 e. The first-order valence-corrected chi connectivity index (χ1v) is 11.2. The van der Waals surface area contributed by atoms with Crippen LogP contribution < -0.4 is 9.88 Å². The summed E-state index contributed by atoms with van der Waals surface area (Å²) in [5.41, 5.74) is 1.09. The van der Waals surface area contributed by atoms with Crippen LogP contribution in [0.3, 0.4) is 0 Å². The van der Waals surface area contributed by atoms with Crippen molar-refractivity contribution >= 4 is 17.8 Å². The number of primary sulfonamides is 1. The highest BCUT2D eigenvalue weighted by atomic mass is 32.2. The second-order valence-corrected chi connectivity index (χ2v) is 8.73. The molecule has 0 saturated heterocycles. The summed E-state index contributed by atoms with van der Waals surface area (Å²) in [5, 5.41) is 5.11. The summed E-state index contributed by atoms with van der Waals surface area (Å²) in [6.45, 7) is 0.884. The zero-order valence-electron chi connectivity index (χ0n) is 15.5. The molecule has 11 heteroatoms. The van der Waals surface area contributed by atoms with Crippen LogP contribution in [-0.4, -0.2) is 48.6 Å². The minimum absolute atomic E-state index is 0.0782. The van der Waals surface area contributed by atoms with E-state index in [2.05, 4.69) is 4.90 Å². The monoisotopic (exact) mass is 432 g/mol. The van der Waals surface area contributed by atoms with Crippen LogP contribution in [0.5, 0.6) is 5.75 Å². The van der Waals surface area contributed by atoms with Gasteiger partial charge in [-0.25, -0.2) is 18.1 Å². The number of hydrogen-bond acceptors (Lipinski definition) is 5. The highest BCUT2D eigenvalue weighted by Crippen LogP contribution is 2.26. The van der Waals surface area contributed by atoms with E-state index in [0.717, 1.165) is 18.5 Å². The molecule has 0 aliphatic heterocycles. The van der Waals surface area contributed by atoms with Crippen LogP contribution in [0.15, 0.2) is 59.5 Å². The molecule has 0 heterocycles. The predicted molar refractivity (Wildman–Crippen MR) is 105 cm³/mol. The summed E-state index contributed by atoms with van der Waals surface area (Å²) >= 11 is 0. The van der Waals surface area contributed by atoms with Crippen LogP contribution in [0.4, 0.5) is 0 Å². The van der Waals surface area contributed by atoms with Crippen LogP contribution in [-0.2, 0) is 14.6 Å². The van der Waals surface area contributed by atoms with Gasteiger partial charge in [0.1, 0.15) is 11.9 Å². The number of benzene rings is 2. The molecule has 1 unspecified atom stereocenters. The van der Waals surface area contributed by atoms with Gasteiger partial charge in [-0.05, 0) is 43.9 Å². The Morgan fingerprint density at radius 3 is 1.96 bits per heavy atom. The van der Waals surface area contributed by atoms with Gasteiger partial charge in [0.05, 0.1) is 4.90 Å². The third kappa shape index (κ3) is 10.5. The number of sulfonamides is 1. The molecule has 156 valence electrons. The first-order valence-electron chi connectivity index (χ1n) is 8.14. The number of rotatable bonds is 7. The van der Waals surface area contributed by atoms with E-state index < -0.39 is 17.8 Å². The lowest BCUT2D eigenvalue weighted by atomic mass is 10.1. The van der Waals surface area contributed by atoms with Gasteiger partial charge in [-0.15, -0.1) is 0 Å². The molecule has 1 atom stereocenters. The number of ether oxygens (including phenoxy) is 1. The van der Waals surface area contributed by atoms with Gasteiger partial charge in [-0.3, -0.25) is 0 Å². The molecule has 0 amide bonds. The van der Waals surface area contributed by atoms with E-state index in [1.165, 1.54) is 12.1 Å². The molecule has 0 aromatic heterocycles. The third-order valence-corrected chi connectivity index (χ3v) is 4.37. The van der Waals surface area contributed by atoms with Gasteiger partial charge >= 0.3 is 7.82 Å². The quantitative estimate of drug-likeness (QED) is 0.481. The van der Waals surface area contributed by atoms with Crippen LogP contribution >= 0.6 is 7.82 Å². The summed E-state index contributed by atoms with van der Waals surface area (Å²) in [7, 11) is -4.29. The molecule has 5 N–H and O–H groups in total. The average molecular weight is 432 g/mol. The maximum absolute atomic E-state index is 11.3. The summed E-state index contributed by atoms with van der Waals surface area (Å²) < 4.78 is 37.5. The van der Waals surface area contributed by atoms with Gasteiger partial charge in [0, 0.05) is 13.0 Å². The largest absolute Gasteiger partial charge is 0.486 e. The first kappa shape index (κ1) is 24.3. The fourth-order valence-corrected chi connectivity index (χ4v) is 2.72. The number of nitrogens with zero attached hydrogens (tertiary/aromatic N) is 1. The topological polar surface area (TPSA) is 150 Å². The molecular formula is C17H25N2O7PS. The fraction of sp³-hybridized carbons (Fsp3) is 0.294. The van der Waals surface area contributed by atoms with Crippen LogP contribution in [0.2, 0.25) is 0 Å². The third-order valence-electron chi connectivity index (χ3n) is 3.44. The number of phosphoric acid groups is 1. The van der Waals surface area contributed by atoms with E-state index in [1.807, 2.05) is 44.4 Å². The van der Waals surface area contributed by atoms with Crippen molar-refractivity contribution in [2.24, 2.45) is 5.14 Å². The van der Waals surface area contributed by atoms with Crippen molar-refractivity contribution in [3.05, 3.63) is 60.2 Å². The zero-order chi connectivity index (χ0) is 21.4. The van der Waals surface area contributed by atoms with Crippen molar-refractivity contribution in [1.82, 2.24) is 4.90 Å². The van der Waals surface area contributed by atoms with Crippen molar-refractivity contribution in [2.75, 3.05) is 20.6 Å². The number of nitrogens with two attached hydrogens (primary N) is 1. The Kier molecular flexibility index (Phi) is 9.25. The van der Waals surface area contributed by atoms with Gasteiger partial charge in [-0.1, -0.05) is 30.3 Å². The zero-order valence-corrected chi connectivity index (χ0v) is 17.3. The lowest BCUT2D eigenvalue weighted by molar-refractivity contribution is 0.179. The maximum Gasteiger partial charge on any atom is 0.466 e. The van der Waals surface area contributed by atoms with Crippen LogP contribution in [0.25, 0.3) is 0 Å². The number of hydrogen-bond donors (Lipinski definition) is 4. The Morgan fingerprint density at radius 1 is 1.04 bits per heavy atom. The minimum atomic E-state index is -4.64. The summed E-state index contributed by atoms with van der Waals surface area (Å²) in [4.78, 5) is 23.7. The first-order chi connectivity index (χ1) is 12.9. The second kappa shape index (κ2) is 10.7. The highest BCUT2D eigenvalue weighted by Gasteiger charge is 2.14. The van der Waals surface area contributed by atoms with Gasteiger partial charge < -0.3 is 24.3 Å². The lowest BCUT2D eigenvalue weighted by Gasteiger charge is -2.21. The summed E-state index contributed by atoms with van der Waals surface area (Å²) in [6, 6.07) is 16.1. The molecule has 2 aromatic carbocycles. The van der Waals surface area contributed by atoms with Gasteiger partial charge in [0.2, 0.25) is 10.0 Å². The van der Waals surface area contributed by atoms with Crippen molar-refractivity contribution in [3.63, 3.8) is 0 Å². The second-order valence-electron chi connectivity index (χ2n) is 6.14. The Morgan fingerprint density at radius 2 is 1.54 bits per heavy atom. The van der Waals surface area contributed by atoms with Crippen molar-refractivity contribution in [1.29, 1.82) is 0 Å².